The molecule has 2 rings (SSSR count). The largest absolute Gasteiger partial charge is 0.478 e. The van der Waals surface area contributed by atoms with E-state index < -0.39 is 5.97 Å². The van der Waals surface area contributed by atoms with E-state index in [1.165, 1.54) is 4.90 Å². The molecule has 0 bridgehead atoms. The minimum atomic E-state index is -1.02. The Bertz CT molecular complexity index is 494. The SMILES string of the molecule is CC1=C(C(=O)O)CC(=O)N1Cc1ccncc1. The highest BCUT2D eigenvalue weighted by molar-refractivity contribution is 5.99. The highest BCUT2D eigenvalue weighted by Crippen LogP contribution is 2.25. The molecule has 0 aliphatic carbocycles. The Morgan fingerprint density at radius 1 is 1.47 bits per heavy atom. The van der Waals surface area contributed by atoms with E-state index in [-0.39, 0.29) is 17.9 Å². The molecule has 0 saturated heterocycles. The fourth-order valence-electron chi connectivity index (χ4n) is 1.83. The number of allylic oxidation sites excluding steroid dienone is 1. The molecule has 0 aromatic carbocycles. The summed E-state index contributed by atoms with van der Waals surface area (Å²) in [4.78, 5) is 28.0. The summed E-state index contributed by atoms with van der Waals surface area (Å²) in [7, 11) is 0. The lowest BCUT2D eigenvalue weighted by Gasteiger charge is -2.17. The van der Waals surface area contributed by atoms with Crippen LogP contribution < -0.4 is 0 Å². The molecular weight excluding hydrogens is 220 g/mol. The lowest BCUT2D eigenvalue weighted by atomic mass is 10.2. The number of carboxylic acid groups (broad SMARTS) is 1. The lowest BCUT2D eigenvalue weighted by molar-refractivity contribution is -0.134. The third-order valence-corrected chi connectivity index (χ3v) is 2.82. The maximum absolute atomic E-state index is 11.7. The van der Waals surface area contributed by atoms with Crippen LogP contribution in [0.25, 0.3) is 0 Å². The Morgan fingerprint density at radius 3 is 2.65 bits per heavy atom. The van der Waals surface area contributed by atoms with Crippen LogP contribution in [0.2, 0.25) is 0 Å². The van der Waals surface area contributed by atoms with Gasteiger partial charge in [0, 0.05) is 18.1 Å². The Hall–Kier alpha value is -2.17. The lowest BCUT2D eigenvalue weighted by Crippen LogP contribution is -2.23. The van der Waals surface area contributed by atoms with E-state index in [0.29, 0.717) is 12.2 Å². The van der Waals surface area contributed by atoms with Crippen LogP contribution in [-0.4, -0.2) is 26.9 Å². The number of aliphatic carboxylic acids is 1. The number of aromatic nitrogens is 1. The quantitative estimate of drug-likeness (QED) is 0.849. The zero-order valence-electron chi connectivity index (χ0n) is 9.38. The van der Waals surface area contributed by atoms with E-state index >= 15 is 0 Å². The zero-order valence-corrected chi connectivity index (χ0v) is 9.38. The minimum Gasteiger partial charge on any atom is -0.478 e. The van der Waals surface area contributed by atoms with Gasteiger partial charge in [-0.2, -0.15) is 0 Å². The van der Waals surface area contributed by atoms with Gasteiger partial charge in [0.05, 0.1) is 18.5 Å². The van der Waals surface area contributed by atoms with Crippen molar-refractivity contribution in [1.82, 2.24) is 9.88 Å². The first-order chi connectivity index (χ1) is 8.09. The average Bonchev–Trinajstić information content (AvgIpc) is 2.58. The molecule has 2 heterocycles. The number of amides is 1. The van der Waals surface area contributed by atoms with Crippen LogP contribution in [-0.2, 0) is 16.1 Å². The van der Waals surface area contributed by atoms with Crippen molar-refractivity contribution in [3.8, 4) is 0 Å². The van der Waals surface area contributed by atoms with Crippen LogP contribution in [0.1, 0.15) is 18.9 Å². The third kappa shape index (κ3) is 2.18. The summed E-state index contributed by atoms with van der Waals surface area (Å²) in [6.45, 7) is 2.06. The molecule has 0 unspecified atom stereocenters. The fraction of sp³-hybridized carbons (Fsp3) is 0.250. The van der Waals surface area contributed by atoms with Crippen molar-refractivity contribution in [3.63, 3.8) is 0 Å². The monoisotopic (exact) mass is 232 g/mol. The van der Waals surface area contributed by atoms with Crippen LogP contribution in [0.15, 0.2) is 35.8 Å². The number of rotatable bonds is 3. The Balaban J connectivity index is 2.22. The predicted octanol–water partition coefficient (Wildman–Crippen LogP) is 1.17. The fourth-order valence-corrected chi connectivity index (χ4v) is 1.83. The number of nitrogens with zero attached hydrogens (tertiary/aromatic N) is 2. The smallest absolute Gasteiger partial charge is 0.333 e. The van der Waals surface area contributed by atoms with Crippen LogP contribution in [0.5, 0.6) is 0 Å². The molecule has 1 N–H and O–H groups in total. The van der Waals surface area contributed by atoms with Gasteiger partial charge in [0.25, 0.3) is 0 Å². The topological polar surface area (TPSA) is 70.5 Å². The van der Waals surface area contributed by atoms with E-state index in [9.17, 15) is 9.59 Å². The molecule has 0 fully saturated rings. The Morgan fingerprint density at radius 2 is 2.12 bits per heavy atom. The van der Waals surface area contributed by atoms with Crippen molar-refractivity contribution in [3.05, 3.63) is 41.4 Å². The third-order valence-electron chi connectivity index (χ3n) is 2.82. The molecule has 5 heteroatoms. The Labute approximate surface area is 98.4 Å². The first kappa shape index (κ1) is 11.3. The van der Waals surface area contributed by atoms with Crippen LogP contribution in [0.3, 0.4) is 0 Å². The molecule has 0 atom stereocenters. The van der Waals surface area contributed by atoms with Crippen LogP contribution in [0, 0.1) is 0 Å². The minimum absolute atomic E-state index is 0.0216. The summed E-state index contributed by atoms with van der Waals surface area (Å²) >= 11 is 0. The van der Waals surface area contributed by atoms with Crippen molar-refractivity contribution in [2.24, 2.45) is 0 Å². The molecule has 1 aliphatic rings. The zero-order chi connectivity index (χ0) is 12.4. The van der Waals surface area contributed by atoms with E-state index in [2.05, 4.69) is 4.98 Å². The molecule has 0 saturated carbocycles. The van der Waals surface area contributed by atoms with Gasteiger partial charge in [-0.3, -0.25) is 9.78 Å². The van der Waals surface area contributed by atoms with Crippen LogP contribution in [0.4, 0.5) is 0 Å². The standard InChI is InChI=1S/C12H12N2O3/c1-8-10(12(16)17)6-11(15)14(8)7-9-2-4-13-5-3-9/h2-5H,6-7H2,1H3,(H,16,17). The van der Waals surface area contributed by atoms with Gasteiger partial charge in [0.1, 0.15) is 0 Å². The summed E-state index contributed by atoms with van der Waals surface area (Å²) in [6, 6.07) is 3.61. The van der Waals surface area contributed by atoms with E-state index in [1.54, 1.807) is 31.5 Å². The highest BCUT2D eigenvalue weighted by Gasteiger charge is 2.30. The molecular formula is C12H12N2O3. The molecule has 88 valence electrons. The highest BCUT2D eigenvalue weighted by atomic mass is 16.4. The summed E-state index contributed by atoms with van der Waals surface area (Å²) in [5.41, 5.74) is 1.64. The number of carbonyl (C=O) groups is 2. The average molecular weight is 232 g/mol. The second kappa shape index (κ2) is 4.37. The van der Waals surface area contributed by atoms with E-state index in [1.807, 2.05) is 0 Å². The summed E-state index contributed by atoms with van der Waals surface area (Å²) in [6.07, 6.45) is 3.27. The second-order valence-corrected chi connectivity index (χ2v) is 3.88. The number of pyridine rings is 1. The molecule has 1 amide bonds. The number of carboxylic acids is 1. The first-order valence-electron chi connectivity index (χ1n) is 5.22. The van der Waals surface area contributed by atoms with E-state index in [0.717, 1.165) is 5.56 Å². The molecule has 0 radical (unpaired) electrons. The molecule has 1 aromatic rings. The van der Waals surface area contributed by atoms with Gasteiger partial charge >= 0.3 is 5.97 Å². The maximum Gasteiger partial charge on any atom is 0.333 e. The summed E-state index contributed by atoms with van der Waals surface area (Å²) in [5, 5.41) is 8.94. The van der Waals surface area contributed by atoms with Crippen molar-refractivity contribution >= 4 is 11.9 Å². The van der Waals surface area contributed by atoms with Crippen LogP contribution >= 0.6 is 0 Å². The van der Waals surface area contributed by atoms with Crippen molar-refractivity contribution in [2.75, 3.05) is 0 Å². The number of hydrogen-bond donors (Lipinski definition) is 1. The van der Waals surface area contributed by atoms with Gasteiger partial charge < -0.3 is 10.0 Å². The van der Waals surface area contributed by atoms with Crippen molar-refractivity contribution in [2.45, 2.75) is 19.9 Å². The molecule has 1 aromatic heterocycles. The predicted molar refractivity (Wildman–Crippen MR) is 59.7 cm³/mol. The Kier molecular flexibility index (Phi) is 2.91. The summed E-state index contributed by atoms with van der Waals surface area (Å²) in [5.74, 6) is -1.19. The first-order valence-corrected chi connectivity index (χ1v) is 5.22. The summed E-state index contributed by atoms with van der Waals surface area (Å²) < 4.78 is 0. The van der Waals surface area contributed by atoms with Crippen molar-refractivity contribution < 1.29 is 14.7 Å². The maximum atomic E-state index is 11.7. The van der Waals surface area contributed by atoms with Gasteiger partial charge in [-0.05, 0) is 24.6 Å². The van der Waals surface area contributed by atoms with Gasteiger partial charge in [-0.1, -0.05) is 0 Å². The van der Waals surface area contributed by atoms with E-state index in [4.69, 9.17) is 5.11 Å². The molecule has 1 aliphatic heterocycles. The number of hydrogen-bond acceptors (Lipinski definition) is 3. The van der Waals surface area contributed by atoms with Crippen molar-refractivity contribution in [1.29, 1.82) is 0 Å². The van der Waals surface area contributed by atoms with Gasteiger partial charge in [-0.15, -0.1) is 0 Å². The molecule has 0 spiro atoms. The van der Waals surface area contributed by atoms with Gasteiger partial charge in [-0.25, -0.2) is 4.79 Å². The van der Waals surface area contributed by atoms with Gasteiger partial charge in [0.2, 0.25) is 5.91 Å². The number of carbonyl (C=O) groups excluding carboxylic acids is 1. The second-order valence-electron chi connectivity index (χ2n) is 3.88. The van der Waals surface area contributed by atoms with Gasteiger partial charge in [0.15, 0.2) is 0 Å². The molecule has 5 nitrogen and oxygen atoms in total. The molecule has 17 heavy (non-hydrogen) atoms. The normalized spacial score (nSPS) is 15.6.